The lowest BCUT2D eigenvalue weighted by Gasteiger charge is -2.03. The SMILES string of the molecule is COc1ccc(OC)c2sc(NC(=O)c3c(C)nc4ccccn34)nc12. The Morgan fingerprint density at radius 1 is 1.12 bits per heavy atom. The van der Waals surface area contributed by atoms with Crippen LogP contribution in [-0.4, -0.2) is 34.5 Å². The maximum absolute atomic E-state index is 12.8. The van der Waals surface area contributed by atoms with E-state index in [4.69, 9.17) is 9.47 Å². The fourth-order valence-electron chi connectivity index (χ4n) is 2.88. The maximum atomic E-state index is 12.8. The fraction of sp³-hybridized carbons (Fsp3) is 0.167. The molecule has 0 spiro atoms. The Kier molecular flexibility index (Phi) is 3.96. The third-order valence-corrected chi connectivity index (χ3v) is 5.04. The number of fused-ring (bicyclic) bond motifs is 2. The summed E-state index contributed by atoms with van der Waals surface area (Å²) in [5.41, 5.74) is 2.52. The molecule has 8 heteroatoms. The fourth-order valence-corrected chi connectivity index (χ4v) is 3.85. The number of pyridine rings is 1. The molecule has 4 aromatic rings. The van der Waals surface area contributed by atoms with Crippen LogP contribution < -0.4 is 14.8 Å². The molecule has 26 heavy (non-hydrogen) atoms. The molecule has 0 unspecified atom stereocenters. The largest absolute Gasteiger partial charge is 0.495 e. The van der Waals surface area contributed by atoms with Crippen molar-refractivity contribution in [1.29, 1.82) is 0 Å². The average molecular weight is 368 g/mol. The molecule has 3 aromatic heterocycles. The molecule has 0 aliphatic carbocycles. The maximum Gasteiger partial charge on any atom is 0.276 e. The van der Waals surface area contributed by atoms with Crippen LogP contribution in [0.1, 0.15) is 16.2 Å². The van der Waals surface area contributed by atoms with E-state index in [0.29, 0.717) is 33.5 Å². The predicted molar refractivity (Wildman–Crippen MR) is 101 cm³/mol. The number of aromatic nitrogens is 3. The molecule has 7 nitrogen and oxygen atoms in total. The number of rotatable bonds is 4. The van der Waals surface area contributed by atoms with Gasteiger partial charge in [0.05, 0.1) is 19.9 Å². The number of thiazole rings is 1. The first kappa shape index (κ1) is 16.3. The molecule has 0 aliphatic heterocycles. The van der Waals surface area contributed by atoms with E-state index in [2.05, 4.69) is 15.3 Å². The highest BCUT2D eigenvalue weighted by Crippen LogP contribution is 2.38. The number of carbonyl (C=O) groups excluding carboxylic acids is 1. The van der Waals surface area contributed by atoms with Crippen molar-refractivity contribution in [2.75, 3.05) is 19.5 Å². The van der Waals surface area contributed by atoms with Gasteiger partial charge in [-0.3, -0.25) is 14.5 Å². The molecule has 0 radical (unpaired) electrons. The van der Waals surface area contributed by atoms with Crippen molar-refractivity contribution in [1.82, 2.24) is 14.4 Å². The second-order valence-electron chi connectivity index (χ2n) is 5.60. The summed E-state index contributed by atoms with van der Waals surface area (Å²) in [5, 5.41) is 3.34. The number of anilines is 1. The molecular formula is C18H16N4O3S. The Balaban J connectivity index is 1.75. The van der Waals surface area contributed by atoms with Gasteiger partial charge in [-0.1, -0.05) is 17.4 Å². The summed E-state index contributed by atoms with van der Waals surface area (Å²) >= 11 is 1.34. The summed E-state index contributed by atoms with van der Waals surface area (Å²) in [4.78, 5) is 21.8. The second kappa shape index (κ2) is 6.30. The van der Waals surface area contributed by atoms with E-state index in [9.17, 15) is 4.79 Å². The van der Waals surface area contributed by atoms with Gasteiger partial charge in [-0.2, -0.15) is 0 Å². The molecule has 1 aromatic carbocycles. The molecular weight excluding hydrogens is 352 g/mol. The number of nitrogens with zero attached hydrogens (tertiary/aromatic N) is 3. The Morgan fingerprint density at radius 2 is 1.88 bits per heavy atom. The first-order valence-corrected chi connectivity index (χ1v) is 8.70. The van der Waals surface area contributed by atoms with Crippen LogP contribution in [0.15, 0.2) is 36.5 Å². The summed E-state index contributed by atoms with van der Waals surface area (Å²) in [6, 6.07) is 9.21. The highest BCUT2D eigenvalue weighted by atomic mass is 32.1. The number of benzene rings is 1. The van der Waals surface area contributed by atoms with Gasteiger partial charge in [0.15, 0.2) is 5.13 Å². The number of amides is 1. The molecule has 1 N–H and O–H groups in total. The molecule has 0 saturated heterocycles. The van der Waals surface area contributed by atoms with Crippen LogP contribution in [0.3, 0.4) is 0 Å². The molecule has 0 fully saturated rings. The second-order valence-corrected chi connectivity index (χ2v) is 6.59. The van der Waals surface area contributed by atoms with E-state index < -0.39 is 0 Å². The zero-order valence-corrected chi connectivity index (χ0v) is 15.3. The highest BCUT2D eigenvalue weighted by molar-refractivity contribution is 7.22. The first-order chi connectivity index (χ1) is 12.6. The first-order valence-electron chi connectivity index (χ1n) is 7.89. The number of aryl methyl sites for hydroxylation is 1. The number of methoxy groups -OCH3 is 2. The summed E-state index contributed by atoms with van der Waals surface area (Å²) in [7, 11) is 3.18. The van der Waals surface area contributed by atoms with E-state index in [-0.39, 0.29) is 5.91 Å². The summed E-state index contributed by atoms with van der Waals surface area (Å²) in [5.74, 6) is 1.05. The van der Waals surface area contributed by atoms with Crippen LogP contribution in [-0.2, 0) is 0 Å². The third-order valence-electron chi connectivity index (χ3n) is 4.05. The monoisotopic (exact) mass is 368 g/mol. The number of carbonyl (C=O) groups is 1. The zero-order chi connectivity index (χ0) is 18.3. The zero-order valence-electron chi connectivity index (χ0n) is 14.4. The molecule has 0 aliphatic rings. The summed E-state index contributed by atoms with van der Waals surface area (Å²) < 4.78 is 13.3. The van der Waals surface area contributed by atoms with Gasteiger partial charge in [0.25, 0.3) is 5.91 Å². The Labute approximate surface area is 153 Å². The standard InChI is InChI=1S/C18H16N4O3S/c1-10-15(22-9-5-4-6-13(22)19-10)17(23)21-18-20-14-11(24-2)7-8-12(25-3)16(14)26-18/h4-9H,1-3H3,(H,20,21,23). The van der Waals surface area contributed by atoms with Crippen LogP contribution in [0.5, 0.6) is 11.5 Å². The van der Waals surface area contributed by atoms with Crippen molar-refractivity contribution in [3.8, 4) is 11.5 Å². The number of hydrogen-bond donors (Lipinski definition) is 1. The molecule has 0 bridgehead atoms. The number of ether oxygens (including phenoxy) is 2. The van der Waals surface area contributed by atoms with Crippen molar-refractivity contribution < 1.29 is 14.3 Å². The minimum absolute atomic E-state index is 0.266. The van der Waals surface area contributed by atoms with E-state index in [1.165, 1.54) is 11.3 Å². The lowest BCUT2D eigenvalue weighted by Crippen LogP contribution is -2.15. The van der Waals surface area contributed by atoms with Gasteiger partial charge >= 0.3 is 0 Å². The van der Waals surface area contributed by atoms with E-state index in [0.717, 1.165) is 10.3 Å². The molecule has 4 rings (SSSR count). The van der Waals surface area contributed by atoms with Gasteiger partial charge in [-0.05, 0) is 31.2 Å². The molecule has 3 heterocycles. The molecule has 0 atom stereocenters. The third kappa shape index (κ3) is 2.55. The Hall–Kier alpha value is -3.13. The van der Waals surface area contributed by atoms with Gasteiger partial charge in [0.1, 0.15) is 33.1 Å². The number of hydrogen-bond acceptors (Lipinski definition) is 6. The molecule has 1 amide bonds. The van der Waals surface area contributed by atoms with Gasteiger partial charge < -0.3 is 9.47 Å². The lowest BCUT2D eigenvalue weighted by atomic mass is 10.3. The summed E-state index contributed by atoms with van der Waals surface area (Å²) in [6.07, 6.45) is 1.81. The van der Waals surface area contributed by atoms with Gasteiger partial charge in [-0.15, -0.1) is 0 Å². The lowest BCUT2D eigenvalue weighted by molar-refractivity contribution is 0.102. The number of imidazole rings is 1. The van der Waals surface area contributed by atoms with Gasteiger partial charge in [-0.25, -0.2) is 9.97 Å². The van der Waals surface area contributed by atoms with E-state index >= 15 is 0 Å². The average Bonchev–Trinajstić information content (AvgIpc) is 3.20. The number of nitrogens with one attached hydrogen (secondary N) is 1. The van der Waals surface area contributed by atoms with Crippen LogP contribution >= 0.6 is 11.3 Å². The van der Waals surface area contributed by atoms with E-state index in [1.807, 2.05) is 37.4 Å². The summed E-state index contributed by atoms with van der Waals surface area (Å²) in [6.45, 7) is 1.81. The van der Waals surface area contributed by atoms with Crippen LogP contribution in [0.4, 0.5) is 5.13 Å². The van der Waals surface area contributed by atoms with Crippen molar-refractivity contribution in [2.45, 2.75) is 6.92 Å². The normalized spacial score (nSPS) is 11.0. The van der Waals surface area contributed by atoms with Crippen molar-refractivity contribution in [2.24, 2.45) is 0 Å². The molecule has 132 valence electrons. The quantitative estimate of drug-likeness (QED) is 0.596. The topological polar surface area (TPSA) is 77.8 Å². The highest BCUT2D eigenvalue weighted by Gasteiger charge is 2.19. The van der Waals surface area contributed by atoms with Gasteiger partial charge in [0.2, 0.25) is 0 Å². The minimum Gasteiger partial charge on any atom is -0.495 e. The van der Waals surface area contributed by atoms with Crippen LogP contribution in [0.2, 0.25) is 0 Å². The molecule has 0 saturated carbocycles. The van der Waals surface area contributed by atoms with Crippen molar-refractivity contribution in [3.05, 3.63) is 47.9 Å². The van der Waals surface area contributed by atoms with Crippen molar-refractivity contribution in [3.63, 3.8) is 0 Å². The van der Waals surface area contributed by atoms with Gasteiger partial charge in [0, 0.05) is 6.20 Å². The van der Waals surface area contributed by atoms with E-state index in [1.54, 1.807) is 24.7 Å². The van der Waals surface area contributed by atoms with Crippen LogP contribution in [0, 0.1) is 6.92 Å². The van der Waals surface area contributed by atoms with Crippen molar-refractivity contribution >= 4 is 38.2 Å². The Morgan fingerprint density at radius 3 is 2.65 bits per heavy atom. The minimum atomic E-state index is -0.266. The predicted octanol–water partition coefficient (Wildman–Crippen LogP) is 3.52. The Bertz CT molecular complexity index is 1090. The van der Waals surface area contributed by atoms with Crippen LogP contribution in [0.25, 0.3) is 15.9 Å². The smallest absolute Gasteiger partial charge is 0.276 e.